The van der Waals surface area contributed by atoms with Gasteiger partial charge in [-0.15, -0.1) is 0 Å². The van der Waals surface area contributed by atoms with Crippen LogP contribution in [0.5, 0.6) is 5.75 Å². The molecule has 2 N–H and O–H groups in total. The van der Waals surface area contributed by atoms with Gasteiger partial charge in [0.25, 0.3) is 0 Å². The molecule has 0 bridgehead atoms. The van der Waals surface area contributed by atoms with Gasteiger partial charge in [-0.25, -0.2) is 4.79 Å². The maximum atomic E-state index is 11.7. The molecule has 27 heavy (non-hydrogen) atoms. The van der Waals surface area contributed by atoms with E-state index in [-0.39, 0.29) is 19.2 Å². The fourth-order valence-electron chi connectivity index (χ4n) is 2.52. The maximum absolute atomic E-state index is 11.7. The van der Waals surface area contributed by atoms with E-state index in [1.807, 2.05) is 60.7 Å². The summed E-state index contributed by atoms with van der Waals surface area (Å²) < 4.78 is 5.59. The number of nitrogens with zero attached hydrogens (tertiary/aromatic N) is 1. The van der Waals surface area contributed by atoms with Crippen molar-refractivity contribution in [3.05, 3.63) is 72.4 Å². The van der Waals surface area contributed by atoms with Crippen molar-refractivity contribution in [2.24, 2.45) is 0 Å². The molecule has 0 unspecified atom stereocenters. The predicted molar refractivity (Wildman–Crippen MR) is 107 cm³/mol. The Hall–Kier alpha value is -3.52. The van der Waals surface area contributed by atoms with Gasteiger partial charge in [0, 0.05) is 24.2 Å². The number of carbonyl (C=O) groups excluding carboxylic acids is 1. The number of urea groups is 1. The number of hydrogen-bond acceptors (Lipinski definition) is 3. The van der Waals surface area contributed by atoms with Crippen LogP contribution in [0.3, 0.4) is 0 Å². The van der Waals surface area contributed by atoms with Gasteiger partial charge in [0.2, 0.25) is 0 Å². The molecule has 5 heteroatoms. The van der Waals surface area contributed by atoms with E-state index in [9.17, 15) is 4.79 Å². The van der Waals surface area contributed by atoms with Crippen molar-refractivity contribution in [3.63, 3.8) is 0 Å². The normalized spacial score (nSPS) is 9.93. The lowest BCUT2D eigenvalue weighted by Gasteiger charge is -2.05. The van der Waals surface area contributed by atoms with Crippen LogP contribution in [0.1, 0.15) is 5.56 Å². The Balaban J connectivity index is 1.32. The van der Waals surface area contributed by atoms with Crippen molar-refractivity contribution in [1.82, 2.24) is 15.6 Å². The third-order valence-electron chi connectivity index (χ3n) is 3.89. The predicted octanol–water partition coefficient (Wildman–Crippen LogP) is 3.16. The summed E-state index contributed by atoms with van der Waals surface area (Å²) in [4.78, 5) is 16.0. The van der Waals surface area contributed by atoms with E-state index < -0.39 is 0 Å². The van der Waals surface area contributed by atoms with E-state index in [2.05, 4.69) is 27.5 Å². The van der Waals surface area contributed by atoms with Crippen LogP contribution in [0.25, 0.3) is 10.9 Å². The van der Waals surface area contributed by atoms with Crippen LogP contribution in [0, 0.1) is 11.8 Å². The second-order valence-corrected chi connectivity index (χ2v) is 5.85. The first-order valence-corrected chi connectivity index (χ1v) is 8.80. The average Bonchev–Trinajstić information content (AvgIpc) is 2.71. The SMILES string of the molecule is O=C(NCC#CCOc1ccc2cccnc2c1)NCCc1ccccc1. The highest BCUT2D eigenvalue weighted by Crippen LogP contribution is 2.18. The minimum Gasteiger partial charge on any atom is -0.481 e. The number of carbonyl (C=O) groups is 1. The summed E-state index contributed by atoms with van der Waals surface area (Å²) in [7, 11) is 0. The fourth-order valence-corrected chi connectivity index (χ4v) is 2.52. The summed E-state index contributed by atoms with van der Waals surface area (Å²) in [6.45, 7) is 1.12. The van der Waals surface area contributed by atoms with Gasteiger partial charge in [0.1, 0.15) is 12.4 Å². The van der Waals surface area contributed by atoms with Gasteiger partial charge in [0.05, 0.1) is 12.1 Å². The van der Waals surface area contributed by atoms with Gasteiger partial charge in [-0.05, 0) is 30.2 Å². The van der Waals surface area contributed by atoms with Crippen molar-refractivity contribution in [2.75, 3.05) is 19.7 Å². The number of aromatic nitrogens is 1. The maximum Gasteiger partial charge on any atom is 0.315 e. The Kier molecular flexibility index (Phi) is 6.66. The first kappa shape index (κ1) is 18.3. The molecule has 3 rings (SSSR count). The molecule has 1 aromatic heterocycles. The number of benzene rings is 2. The Bertz CT molecular complexity index is 946. The van der Waals surface area contributed by atoms with Gasteiger partial charge >= 0.3 is 6.03 Å². The Morgan fingerprint density at radius 3 is 2.78 bits per heavy atom. The lowest BCUT2D eigenvalue weighted by molar-refractivity contribution is 0.242. The average molecular weight is 359 g/mol. The van der Waals surface area contributed by atoms with Crippen molar-refractivity contribution >= 4 is 16.9 Å². The van der Waals surface area contributed by atoms with E-state index in [0.717, 1.165) is 23.1 Å². The first-order valence-electron chi connectivity index (χ1n) is 8.80. The van der Waals surface area contributed by atoms with E-state index in [1.165, 1.54) is 5.56 Å². The molecule has 0 radical (unpaired) electrons. The van der Waals surface area contributed by atoms with Gasteiger partial charge < -0.3 is 15.4 Å². The number of rotatable bonds is 6. The quantitative estimate of drug-likeness (QED) is 0.665. The zero-order valence-electron chi connectivity index (χ0n) is 14.9. The molecule has 0 saturated carbocycles. The highest BCUT2D eigenvalue weighted by atomic mass is 16.5. The minimum absolute atomic E-state index is 0.221. The Morgan fingerprint density at radius 1 is 1.00 bits per heavy atom. The molecule has 0 atom stereocenters. The molecule has 0 spiro atoms. The lowest BCUT2D eigenvalue weighted by atomic mass is 10.1. The molecule has 0 aliphatic carbocycles. The molecule has 2 amide bonds. The third-order valence-corrected chi connectivity index (χ3v) is 3.89. The topological polar surface area (TPSA) is 63.2 Å². The van der Waals surface area contributed by atoms with Crippen LogP contribution in [0.4, 0.5) is 4.79 Å². The highest BCUT2D eigenvalue weighted by molar-refractivity contribution is 5.79. The number of amides is 2. The summed E-state index contributed by atoms with van der Waals surface area (Å²) in [5.41, 5.74) is 2.08. The summed E-state index contributed by atoms with van der Waals surface area (Å²) >= 11 is 0. The molecule has 0 saturated heterocycles. The van der Waals surface area contributed by atoms with E-state index in [4.69, 9.17) is 4.74 Å². The van der Waals surface area contributed by atoms with E-state index in [1.54, 1.807) is 6.20 Å². The van der Waals surface area contributed by atoms with Crippen molar-refractivity contribution in [2.45, 2.75) is 6.42 Å². The second-order valence-electron chi connectivity index (χ2n) is 5.85. The molecule has 3 aromatic rings. The number of ether oxygens (including phenoxy) is 1. The summed E-state index contributed by atoms with van der Waals surface area (Å²) in [5, 5.41) is 6.58. The molecular formula is C22H21N3O2. The lowest BCUT2D eigenvalue weighted by Crippen LogP contribution is -2.36. The van der Waals surface area contributed by atoms with Crippen molar-refractivity contribution < 1.29 is 9.53 Å². The first-order chi connectivity index (χ1) is 13.3. The van der Waals surface area contributed by atoms with Crippen LogP contribution in [-0.4, -0.2) is 30.7 Å². The number of pyridine rings is 1. The molecule has 0 aliphatic rings. The smallest absolute Gasteiger partial charge is 0.315 e. The standard InChI is InChI=1S/C22H21N3O2/c26-22(25-15-12-18-7-2-1-3-8-18)24-13-4-5-16-27-20-11-10-19-9-6-14-23-21(19)17-20/h1-3,6-11,14,17H,12-13,15-16H2,(H2,24,25,26). The van der Waals surface area contributed by atoms with Gasteiger partial charge in [-0.3, -0.25) is 4.98 Å². The Morgan fingerprint density at radius 2 is 1.89 bits per heavy atom. The molecule has 1 heterocycles. The largest absolute Gasteiger partial charge is 0.481 e. The summed E-state index contributed by atoms with van der Waals surface area (Å²) in [5.74, 6) is 6.48. The zero-order chi connectivity index (χ0) is 18.7. The molecule has 0 aliphatic heterocycles. The molecule has 5 nitrogen and oxygen atoms in total. The fraction of sp³-hybridized carbons (Fsp3) is 0.182. The van der Waals surface area contributed by atoms with Crippen LogP contribution in [0.15, 0.2) is 66.9 Å². The Labute approximate surface area is 158 Å². The number of fused-ring (bicyclic) bond motifs is 1. The van der Waals surface area contributed by atoms with Crippen LogP contribution in [0.2, 0.25) is 0 Å². The summed E-state index contributed by atoms with van der Waals surface area (Å²) in [6.07, 6.45) is 2.55. The highest BCUT2D eigenvalue weighted by Gasteiger charge is 1.98. The number of nitrogens with one attached hydrogen (secondary N) is 2. The monoisotopic (exact) mass is 359 g/mol. The minimum atomic E-state index is -0.221. The van der Waals surface area contributed by atoms with Crippen LogP contribution in [-0.2, 0) is 6.42 Å². The molecule has 0 fully saturated rings. The van der Waals surface area contributed by atoms with Gasteiger partial charge in [-0.2, -0.15) is 0 Å². The van der Waals surface area contributed by atoms with Crippen LogP contribution >= 0.6 is 0 Å². The second kappa shape index (κ2) is 9.83. The molecular weight excluding hydrogens is 338 g/mol. The van der Waals surface area contributed by atoms with Crippen LogP contribution < -0.4 is 15.4 Å². The van der Waals surface area contributed by atoms with Gasteiger partial charge in [0.15, 0.2) is 0 Å². The van der Waals surface area contributed by atoms with Crippen molar-refractivity contribution in [3.8, 4) is 17.6 Å². The molecule has 2 aromatic carbocycles. The third kappa shape index (κ3) is 6.05. The molecule has 136 valence electrons. The van der Waals surface area contributed by atoms with Crippen molar-refractivity contribution in [1.29, 1.82) is 0 Å². The number of hydrogen-bond donors (Lipinski definition) is 2. The van der Waals surface area contributed by atoms with E-state index in [0.29, 0.717) is 6.54 Å². The van der Waals surface area contributed by atoms with Gasteiger partial charge in [-0.1, -0.05) is 48.2 Å². The van der Waals surface area contributed by atoms with E-state index >= 15 is 0 Å². The zero-order valence-corrected chi connectivity index (χ0v) is 14.9. The summed E-state index contributed by atoms with van der Waals surface area (Å²) in [6, 6.07) is 19.5.